The van der Waals surface area contributed by atoms with E-state index in [0.717, 1.165) is 0 Å². The largest absolute Gasteiger partial charge is 0.457 e. The molecule has 4 heterocycles. The van der Waals surface area contributed by atoms with Crippen LogP contribution in [0, 0.1) is 11.3 Å². The van der Waals surface area contributed by atoms with Crippen LogP contribution in [0.1, 0.15) is 46.5 Å². The van der Waals surface area contributed by atoms with Crippen LogP contribution in [0.5, 0.6) is 6.01 Å². The molecule has 2 amide bonds. The van der Waals surface area contributed by atoms with E-state index < -0.39 is 24.1 Å². The van der Waals surface area contributed by atoms with Crippen LogP contribution in [-0.4, -0.2) is 63.7 Å². The quantitative estimate of drug-likeness (QED) is 0.390. The number of carbonyl (C=O) groups is 2. The molecule has 0 bridgehead atoms. The minimum atomic E-state index is -1.35. The molecular formula is C24H25FN8O4. The van der Waals surface area contributed by atoms with Gasteiger partial charge in [0, 0.05) is 50.7 Å². The average Bonchev–Trinajstić information content (AvgIpc) is 3.41. The first-order chi connectivity index (χ1) is 18.0. The van der Waals surface area contributed by atoms with Crippen LogP contribution in [-0.2, 0) is 0 Å². The number of piperidine rings is 1. The summed E-state index contributed by atoms with van der Waals surface area (Å²) in [5, 5.41) is 14.0. The third-order valence-corrected chi connectivity index (χ3v) is 5.59. The number of anilines is 2. The maximum Gasteiger partial charge on any atom is 0.316 e. The Morgan fingerprint density at radius 1 is 1.24 bits per heavy atom. The van der Waals surface area contributed by atoms with E-state index in [1.54, 1.807) is 11.0 Å². The molecule has 12 nitrogen and oxygen atoms in total. The number of carbonyl (C=O) groups excluding carboxylic acids is 2. The number of nitriles is 1. The van der Waals surface area contributed by atoms with Crippen molar-refractivity contribution in [1.82, 2.24) is 25.3 Å². The highest BCUT2D eigenvalue weighted by atomic mass is 19.1. The van der Waals surface area contributed by atoms with Gasteiger partial charge in [0.15, 0.2) is 11.9 Å². The number of aromatic nitrogens is 4. The van der Waals surface area contributed by atoms with E-state index >= 15 is 0 Å². The molecule has 0 unspecified atom stereocenters. The number of hydrogen-bond acceptors (Lipinski definition) is 10. The monoisotopic (exact) mass is 508 g/mol. The van der Waals surface area contributed by atoms with E-state index in [0.29, 0.717) is 38.8 Å². The van der Waals surface area contributed by atoms with Crippen molar-refractivity contribution >= 4 is 23.5 Å². The molecule has 3 aromatic heterocycles. The molecule has 1 aliphatic rings. The predicted molar refractivity (Wildman–Crippen MR) is 129 cm³/mol. The van der Waals surface area contributed by atoms with E-state index in [9.17, 15) is 14.0 Å². The summed E-state index contributed by atoms with van der Waals surface area (Å²) in [6.45, 7) is 0.746. The zero-order valence-electron chi connectivity index (χ0n) is 19.8. The Balaban J connectivity index is 1.33. The van der Waals surface area contributed by atoms with Gasteiger partial charge in [-0.15, -0.1) is 0 Å². The molecule has 4 rings (SSSR count). The van der Waals surface area contributed by atoms with Crippen molar-refractivity contribution in [2.75, 3.05) is 29.9 Å². The number of oxazole rings is 1. The molecule has 0 saturated carbocycles. The number of nitrogens with one attached hydrogen (secondary N) is 2. The van der Waals surface area contributed by atoms with Gasteiger partial charge in [0.2, 0.25) is 0 Å². The summed E-state index contributed by atoms with van der Waals surface area (Å²) in [6.07, 6.45) is 7.05. The summed E-state index contributed by atoms with van der Waals surface area (Å²) >= 11 is 0. The summed E-state index contributed by atoms with van der Waals surface area (Å²) < 4.78 is 25.7. The van der Waals surface area contributed by atoms with Crippen molar-refractivity contribution in [3.63, 3.8) is 0 Å². The Kier molecular flexibility index (Phi) is 8.53. The van der Waals surface area contributed by atoms with Crippen LogP contribution in [0.4, 0.5) is 16.1 Å². The maximum absolute atomic E-state index is 14.8. The molecule has 3 aromatic rings. The second kappa shape index (κ2) is 12.4. The highest BCUT2D eigenvalue weighted by molar-refractivity contribution is 6.08. The zero-order chi connectivity index (χ0) is 26.0. The summed E-state index contributed by atoms with van der Waals surface area (Å²) in [5.41, 5.74) is 0.412. The Labute approximate surface area is 211 Å². The standard InChI is InChI=1S/C24H25FN8O4/c25-17-14-33(12-6-20(17)37-23-29-9-4-10-30-23)24-32-19(15-36-24)22(35)31-18-5-11-27-13-16(18)21(34)28-8-3-1-2-7-26/h4-5,9-11,13,15,17,20H,1-3,6,8,12,14H2,(H,28,34)(H,27,31,35)/t17-,20+/m0/s1. The minimum Gasteiger partial charge on any atom is -0.457 e. The molecule has 2 atom stereocenters. The SMILES string of the molecule is N#CCCCCNC(=O)c1cnccc1NC(=O)c1coc(N2CC[C@@H](Oc3ncccn3)[C@@H](F)C2)n1. The van der Waals surface area contributed by atoms with E-state index in [2.05, 4.69) is 36.6 Å². The smallest absolute Gasteiger partial charge is 0.316 e. The van der Waals surface area contributed by atoms with E-state index in [4.69, 9.17) is 14.4 Å². The Morgan fingerprint density at radius 2 is 2.08 bits per heavy atom. The summed E-state index contributed by atoms with van der Waals surface area (Å²) in [6, 6.07) is 5.41. The lowest BCUT2D eigenvalue weighted by atomic mass is 10.1. The van der Waals surface area contributed by atoms with Gasteiger partial charge >= 0.3 is 6.01 Å². The minimum absolute atomic E-state index is 0.0267. The van der Waals surface area contributed by atoms with Gasteiger partial charge in [0.05, 0.1) is 23.9 Å². The fourth-order valence-corrected chi connectivity index (χ4v) is 3.68. The average molecular weight is 509 g/mol. The number of unbranched alkanes of at least 4 members (excludes halogenated alkanes) is 2. The molecule has 0 spiro atoms. The number of amides is 2. The van der Waals surface area contributed by atoms with Crippen LogP contribution in [0.15, 0.2) is 47.6 Å². The molecule has 2 N–H and O–H groups in total. The fourth-order valence-electron chi connectivity index (χ4n) is 3.68. The van der Waals surface area contributed by atoms with E-state index in [1.165, 1.54) is 37.1 Å². The van der Waals surface area contributed by atoms with Gasteiger partial charge in [-0.2, -0.15) is 10.2 Å². The first kappa shape index (κ1) is 25.5. The molecule has 13 heteroatoms. The Bertz CT molecular complexity index is 1250. The number of pyridine rings is 1. The van der Waals surface area contributed by atoms with Crippen molar-refractivity contribution in [3.05, 3.63) is 54.4 Å². The van der Waals surface area contributed by atoms with E-state index in [1.807, 2.05) is 0 Å². The molecule has 1 aliphatic heterocycles. The van der Waals surface area contributed by atoms with E-state index in [-0.39, 0.29) is 35.5 Å². The van der Waals surface area contributed by atoms with Crippen LogP contribution < -0.4 is 20.3 Å². The van der Waals surface area contributed by atoms with Crippen molar-refractivity contribution in [3.8, 4) is 12.1 Å². The van der Waals surface area contributed by atoms with Gasteiger partial charge in [0.1, 0.15) is 12.4 Å². The second-order valence-electron chi connectivity index (χ2n) is 8.20. The number of hydrogen-bond donors (Lipinski definition) is 2. The van der Waals surface area contributed by atoms with Crippen LogP contribution >= 0.6 is 0 Å². The van der Waals surface area contributed by atoms with Gasteiger partial charge in [-0.25, -0.2) is 14.4 Å². The topological polar surface area (TPSA) is 159 Å². The van der Waals surface area contributed by atoms with Gasteiger partial charge in [-0.05, 0) is 25.0 Å². The van der Waals surface area contributed by atoms with Gasteiger partial charge in [-0.1, -0.05) is 0 Å². The normalized spacial score (nSPS) is 17.0. The highest BCUT2D eigenvalue weighted by Gasteiger charge is 2.33. The van der Waals surface area contributed by atoms with Crippen molar-refractivity contribution in [2.45, 2.75) is 38.0 Å². The predicted octanol–water partition coefficient (Wildman–Crippen LogP) is 2.53. The van der Waals surface area contributed by atoms with Crippen LogP contribution in [0.2, 0.25) is 0 Å². The van der Waals surface area contributed by atoms with Crippen LogP contribution in [0.3, 0.4) is 0 Å². The molecule has 37 heavy (non-hydrogen) atoms. The van der Waals surface area contributed by atoms with Gasteiger partial charge < -0.3 is 24.7 Å². The highest BCUT2D eigenvalue weighted by Crippen LogP contribution is 2.24. The molecule has 1 fully saturated rings. The van der Waals surface area contributed by atoms with Crippen molar-refractivity contribution < 1.29 is 23.1 Å². The lowest BCUT2D eigenvalue weighted by molar-refractivity contribution is 0.0723. The zero-order valence-corrected chi connectivity index (χ0v) is 19.8. The third kappa shape index (κ3) is 6.75. The lowest BCUT2D eigenvalue weighted by Gasteiger charge is -2.33. The first-order valence-corrected chi connectivity index (χ1v) is 11.7. The number of halogens is 1. The molecule has 0 radical (unpaired) electrons. The molecule has 1 saturated heterocycles. The first-order valence-electron chi connectivity index (χ1n) is 11.7. The second-order valence-corrected chi connectivity index (χ2v) is 8.20. The molecular weight excluding hydrogens is 483 g/mol. The molecule has 0 aliphatic carbocycles. The maximum atomic E-state index is 14.8. The fraction of sp³-hybridized carbons (Fsp3) is 0.375. The lowest BCUT2D eigenvalue weighted by Crippen LogP contribution is -2.47. The summed E-state index contributed by atoms with van der Waals surface area (Å²) in [7, 11) is 0. The van der Waals surface area contributed by atoms with Crippen molar-refractivity contribution in [2.24, 2.45) is 0 Å². The summed E-state index contributed by atoms with van der Waals surface area (Å²) in [5.74, 6) is -0.998. The number of rotatable bonds is 10. The third-order valence-electron chi connectivity index (χ3n) is 5.59. The Morgan fingerprint density at radius 3 is 2.86 bits per heavy atom. The van der Waals surface area contributed by atoms with Crippen molar-refractivity contribution in [1.29, 1.82) is 5.26 Å². The molecule has 0 aromatic carbocycles. The summed E-state index contributed by atoms with van der Waals surface area (Å²) in [4.78, 5) is 43.0. The van der Waals surface area contributed by atoms with Crippen LogP contribution in [0.25, 0.3) is 0 Å². The number of alkyl halides is 1. The number of ether oxygens (including phenoxy) is 1. The van der Waals surface area contributed by atoms with Gasteiger partial charge in [0.25, 0.3) is 17.8 Å². The van der Waals surface area contributed by atoms with Gasteiger partial charge in [-0.3, -0.25) is 14.6 Å². The number of nitrogens with zero attached hydrogens (tertiary/aromatic N) is 6. The molecule has 192 valence electrons. The Hall–Kier alpha value is -4.60.